The lowest BCUT2D eigenvalue weighted by Crippen LogP contribution is -2.19. The van der Waals surface area contributed by atoms with Crippen molar-refractivity contribution in [1.29, 1.82) is 0 Å². The summed E-state index contributed by atoms with van der Waals surface area (Å²) >= 11 is 1.83. The number of hydrogen-bond acceptors (Lipinski definition) is 4. The molecule has 1 aromatic heterocycles. The number of aromatic nitrogens is 1. The summed E-state index contributed by atoms with van der Waals surface area (Å²) in [6, 6.07) is 0.413. The van der Waals surface area contributed by atoms with Crippen LogP contribution in [0.5, 0.6) is 0 Å². The summed E-state index contributed by atoms with van der Waals surface area (Å²) in [5, 5.41) is 4.46. The van der Waals surface area contributed by atoms with Crippen molar-refractivity contribution in [1.82, 2.24) is 10.3 Å². The van der Waals surface area contributed by atoms with Gasteiger partial charge in [0.05, 0.1) is 0 Å². The minimum Gasteiger partial charge on any atom is -0.348 e. The lowest BCUT2D eigenvalue weighted by atomic mass is 10.1. The van der Waals surface area contributed by atoms with Crippen LogP contribution in [-0.4, -0.2) is 25.1 Å². The van der Waals surface area contributed by atoms with Gasteiger partial charge in [0.25, 0.3) is 0 Å². The Bertz CT molecular complexity index is 337. The second-order valence-corrected chi connectivity index (χ2v) is 5.61. The van der Waals surface area contributed by atoms with Crippen LogP contribution in [0.25, 0.3) is 0 Å². The fraction of sp³-hybridized carbons (Fsp3) is 0.750. The van der Waals surface area contributed by atoms with E-state index in [1.165, 1.54) is 35.9 Å². The number of nitrogens with one attached hydrogen (secondary N) is 1. The quantitative estimate of drug-likeness (QED) is 0.875. The van der Waals surface area contributed by atoms with Gasteiger partial charge < -0.3 is 10.2 Å². The first-order valence-electron chi connectivity index (χ1n) is 6.12. The van der Waals surface area contributed by atoms with Crippen LogP contribution in [0.1, 0.15) is 37.6 Å². The van der Waals surface area contributed by atoms with E-state index in [4.69, 9.17) is 0 Å². The molecule has 16 heavy (non-hydrogen) atoms. The van der Waals surface area contributed by atoms with Gasteiger partial charge in [0.2, 0.25) is 0 Å². The monoisotopic (exact) mass is 239 g/mol. The van der Waals surface area contributed by atoms with E-state index in [0.29, 0.717) is 6.04 Å². The molecule has 4 heteroatoms. The van der Waals surface area contributed by atoms with E-state index in [1.54, 1.807) is 0 Å². The highest BCUT2D eigenvalue weighted by molar-refractivity contribution is 7.15. The Morgan fingerprint density at radius 1 is 1.69 bits per heavy atom. The Morgan fingerprint density at radius 3 is 3.12 bits per heavy atom. The van der Waals surface area contributed by atoms with Crippen LogP contribution in [0.4, 0.5) is 5.13 Å². The summed E-state index contributed by atoms with van der Waals surface area (Å²) in [6.45, 7) is 6.83. The van der Waals surface area contributed by atoms with Crippen molar-refractivity contribution >= 4 is 16.5 Å². The molecule has 0 aromatic carbocycles. The van der Waals surface area contributed by atoms with E-state index in [-0.39, 0.29) is 0 Å². The molecule has 0 bridgehead atoms. The van der Waals surface area contributed by atoms with Crippen molar-refractivity contribution in [3.05, 3.63) is 11.1 Å². The first kappa shape index (κ1) is 11.9. The van der Waals surface area contributed by atoms with E-state index < -0.39 is 0 Å². The zero-order valence-corrected chi connectivity index (χ0v) is 11.2. The maximum absolute atomic E-state index is 4.54. The summed E-state index contributed by atoms with van der Waals surface area (Å²) in [5.74, 6) is 0.870. The van der Waals surface area contributed by atoms with Crippen LogP contribution in [0.2, 0.25) is 0 Å². The Hall–Kier alpha value is -0.610. The zero-order chi connectivity index (χ0) is 11.5. The maximum Gasteiger partial charge on any atom is 0.185 e. The van der Waals surface area contributed by atoms with Gasteiger partial charge in [0.15, 0.2) is 5.13 Å². The van der Waals surface area contributed by atoms with Crippen molar-refractivity contribution in [2.75, 3.05) is 25.0 Å². The molecule has 0 radical (unpaired) electrons. The minimum atomic E-state index is 0.413. The van der Waals surface area contributed by atoms with Crippen molar-refractivity contribution in [3.8, 4) is 0 Å². The molecule has 1 saturated heterocycles. The highest BCUT2D eigenvalue weighted by Crippen LogP contribution is 2.31. The second-order valence-electron chi connectivity index (χ2n) is 4.56. The second kappa shape index (κ2) is 5.15. The van der Waals surface area contributed by atoms with Gasteiger partial charge in [-0.2, -0.15) is 0 Å². The molecule has 1 aliphatic rings. The third kappa shape index (κ3) is 2.38. The lowest BCUT2D eigenvalue weighted by Gasteiger charge is -2.14. The van der Waals surface area contributed by atoms with E-state index >= 15 is 0 Å². The van der Waals surface area contributed by atoms with Gasteiger partial charge in [-0.1, -0.05) is 13.3 Å². The lowest BCUT2D eigenvalue weighted by molar-refractivity contribution is 0.569. The molecule has 0 saturated carbocycles. The third-order valence-corrected chi connectivity index (χ3v) is 4.75. The van der Waals surface area contributed by atoms with Crippen molar-refractivity contribution < 1.29 is 0 Å². The van der Waals surface area contributed by atoms with Gasteiger partial charge in [-0.3, -0.25) is 0 Å². The zero-order valence-electron chi connectivity index (χ0n) is 10.4. The van der Waals surface area contributed by atoms with Crippen molar-refractivity contribution in [2.24, 2.45) is 5.92 Å². The molecule has 1 N–H and O–H groups in total. The average Bonchev–Trinajstić information content (AvgIpc) is 2.95. The topological polar surface area (TPSA) is 28.2 Å². The Morgan fingerprint density at radius 2 is 2.50 bits per heavy atom. The van der Waals surface area contributed by atoms with Crippen LogP contribution in [0.15, 0.2) is 6.20 Å². The number of thiazole rings is 1. The van der Waals surface area contributed by atoms with Gasteiger partial charge in [-0.05, 0) is 26.3 Å². The molecule has 2 rings (SSSR count). The molecule has 1 aliphatic heterocycles. The molecule has 2 heterocycles. The summed E-state index contributed by atoms with van der Waals surface area (Å²) in [5.41, 5.74) is 0. The smallest absolute Gasteiger partial charge is 0.185 e. The van der Waals surface area contributed by atoms with E-state index in [2.05, 4.69) is 29.0 Å². The molecular weight excluding hydrogens is 218 g/mol. The number of anilines is 1. The third-order valence-electron chi connectivity index (χ3n) is 3.50. The molecule has 1 fully saturated rings. The van der Waals surface area contributed by atoms with Gasteiger partial charge in [-0.15, -0.1) is 11.3 Å². The largest absolute Gasteiger partial charge is 0.348 e. The fourth-order valence-corrected chi connectivity index (χ4v) is 3.12. The molecule has 1 aromatic rings. The summed E-state index contributed by atoms with van der Waals surface area (Å²) in [7, 11) is 1.99. The van der Waals surface area contributed by atoms with Crippen LogP contribution in [0.3, 0.4) is 0 Å². The normalized spacial score (nSPS) is 22.7. The molecule has 0 amide bonds. The Balaban J connectivity index is 2.02. The molecule has 90 valence electrons. The molecule has 3 nitrogen and oxygen atoms in total. The maximum atomic E-state index is 4.54. The van der Waals surface area contributed by atoms with E-state index in [9.17, 15) is 0 Å². The number of hydrogen-bond donors (Lipinski definition) is 1. The fourth-order valence-electron chi connectivity index (χ4n) is 2.11. The van der Waals surface area contributed by atoms with Crippen LogP contribution in [0, 0.1) is 5.92 Å². The molecule has 2 atom stereocenters. The molecule has 0 spiro atoms. The summed E-state index contributed by atoms with van der Waals surface area (Å²) in [4.78, 5) is 8.31. The molecule has 2 unspecified atom stereocenters. The van der Waals surface area contributed by atoms with Crippen molar-refractivity contribution in [2.45, 2.75) is 32.7 Å². The predicted octanol–water partition coefficient (Wildman–Crippen LogP) is 2.66. The number of rotatable bonds is 4. The van der Waals surface area contributed by atoms with Crippen LogP contribution in [-0.2, 0) is 0 Å². The van der Waals surface area contributed by atoms with E-state index in [0.717, 1.165) is 5.92 Å². The SMILES string of the molecule is CCC1CCN(c2ncc(C(C)NC)s2)C1. The van der Waals surface area contributed by atoms with Crippen LogP contribution < -0.4 is 10.2 Å². The van der Waals surface area contributed by atoms with Crippen LogP contribution >= 0.6 is 11.3 Å². The van der Waals surface area contributed by atoms with Gasteiger partial charge in [0.1, 0.15) is 0 Å². The first-order valence-corrected chi connectivity index (χ1v) is 6.94. The first-order chi connectivity index (χ1) is 7.74. The summed E-state index contributed by atoms with van der Waals surface area (Å²) < 4.78 is 0. The Kier molecular flexibility index (Phi) is 3.82. The standard InChI is InChI=1S/C12H21N3S/c1-4-10-5-6-15(8-10)12-14-7-11(16-12)9(2)13-3/h7,9-10,13H,4-6,8H2,1-3H3. The van der Waals surface area contributed by atoms with Gasteiger partial charge in [-0.25, -0.2) is 4.98 Å². The Labute approximate surface area is 102 Å². The molecule has 0 aliphatic carbocycles. The average molecular weight is 239 g/mol. The van der Waals surface area contributed by atoms with E-state index in [1.807, 2.05) is 24.6 Å². The minimum absolute atomic E-state index is 0.413. The van der Waals surface area contributed by atoms with Gasteiger partial charge >= 0.3 is 0 Å². The van der Waals surface area contributed by atoms with Gasteiger partial charge in [0, 0.05) is 30.2 Å². The van der Waals surface area contributed by atoms with Crippen molar-refractivity contribution in [3.63, 3.8) is 0 Å². The molecular formula is C12H21N3S. The number of nitrogens with zero attached hydrogens (tertiary/aromatic N) is 2. The highest BCUT2D eigenvalue weighted by atomic mass is 32.1. The summed E-state index contributed by atoms with van der Waals surface area (Å²) in [6.07, 6.45) is 4.63. The highest BCUT2D eigenvalue weighted by Gasteiger charge is 2.23. The predicted molar refractivity (Wildman–Crippen MR) is 70.2 cm³/mol.